The van der Waals surface area contributed by atoms with E-state index in [1.807, 2.05) is 0 Å². The van der Waals surface area contributed by atoms with Crippen LogP contribution in [-0.2, 0) is 17.1 Å². The highest BCUT2D eigenvalue weighted by atomic mass is 35.5. The zero-order valence-corrected chi connectivity index (χ0v) is 13.2. The van der Waals surface area contributed by atoms with E-state index < -0.39 is 16.1 Å². The Morgan fingerprint density at radius 1 is 1.50 bits per heavy atom. The Kier molecular flexibility index (Phi) is 4.73. The number of nitrogens with zero attached hydrogens (tertiary/aromatic N) is 3. The summed E-state index contributed by atoms with van der Waals surface area (Å²) in [5, 5.41) is 9.91. The van der Waals surface area contributed by atoms with Crippen LogP contribution in [0.2, 0.25) is 5.15 Å². The van der Waals surface area contributed by atoms with Gasteiger partial charge in [0.25, 0.3) is 10.0 Å². The summed E-state index contributed by atoms with van der Waals surface area (Å²) in [6, 6.07) is 0. The lowest BCUT2D eigenvalue weighted by Gasteiger charge is -2.30. The number of imidazole rings is 1. The number of aryl methyl sites for hydroxylation is 1. The highest BCUT2D eigenvalue weighted by Gasteiger charge is 2.31. The number of aliphatic hydroxyl groups is 1. The van der Waals surface area contributed by atoms with Crippen molar-refractivity contribution in [1.29, 1.82) is 0 Å². The first kappa shape index (κ1) is 15.8. The summed E-state index contributed by atoms with van der Waals surface area (Å²) < 4.78 is 27.6. The third kappa shape index (κ3) is 3.00. The van der Waals surface area contributed by atoms with E-state index in [2.05, 4.69) is 4.98 Å². The highest BCUT2D eigenvalue weighted by Crippen LogP contribution is 2.27. The third-order valence-electron chi connectivity index (χ3n) is 3.85. The van der Waals surface area contributed by atoms with Gasteiger partial charge in [-0.05, 0) is 18.8 Å². The standard InChI is InChI=1S/C12H20ClN3O3S/c1-15-8-14-12(11(15)13)20(18,19)16(2)7-9-5-3-4-6-10(9)17/h8-10,17H,3-7H2,1-2H3. The first-order valence-corrected chi connectivity index (χ1v) is 8.47. The fourth-order valence-electron chi connectivity index (χ4n) is 2.54. The van der Waals surface area contributed by atoms with E-state index in [0.29, 0.717) is 0 Å². The molecule has 1 saturated carbocycles. The molecular formula is C12H20ClN3O3S. The van der Waals surface area contributed by atoms with Crippen LogP contribution in [0.15, 0.2) is 11.4 Å². The number of hydrogen-bond acceptors (Lipinski definition) is 4. The number of sulfonamides is 1. The van der Waals surface area contributed by atoms with Crippen LogP contribution in [-0.4, -0.2) is 47.1 Å². The number of hydrogen-bond donors (Lipinski definition) is 1. The van der Waals surface area contributed by atoms with Crippen molar-refractivity contribution in [3.05, 3.63) is 11.5 Å². The summed E-state index contributed by atoms with van der Waals surface area (Å²) in [6.07, 6.45) is 4.55. The number of halogens is 1. The maximum absolute atomic E-state index is 12.4. The van der Waals surface area contributed by atoms with Crippen molar-refractivity contribution in [1.82, 2.24) is 13.9 Å². The van der Waals surface area contributed by atoms with Crippen molar-refractivity contribution in [2.45, 2.75) is 36.8 Å². The van der Waals surface area contributed by atoms with Gasteiger partial charge in [-0.25, -0.2) is 13.4 Å². The molecule has 0 amide bonds. The molecule has 0 spiro atoms. The quantitative estimate of drug-likeness (QED) is 0.905. The molecular weight excluding hydrogens is 302 g/mol. The van der Waals surface area contributed by atoms with Crippen molar-refractivity contribution in [3.63, 3.8) is 0 Å². The Labute approximate surface area is 124 Å². The molecule has 0 radical (unpaired) electrons. The fraction of sp³-hybridized carbons (Fsp3) is 0.750. The van der Waals surface area contributed by atoms with Crippen molar-refractivity contribution >= 4 is 21.6 Å². The number of rotatable bonds is 4. The van der Waals surface area contributed by atoms with Crippen LogP contribution in [0.4, 0.5) is 0 Å². The van der Waals surface area contributed by atoms with Gasteiger partial charge in [0.05, 0.1) is 12.4 Å². The van der Waals surface area contributed by atoms with Crippen molar-refractivity contribution < 1.29 is 13.5 Å². The third-order valence-corrected chi connectivity index (χ3v) is 6.16. The van der Waals surface area contributed by atoms with Crippen molar-refractivity contribution in [2.24, 2.45) is 13.0 Å². The average molecular weight is 322 g/mol. The molecule has 1 aromatic rings. The SMILES string of the molecule is CN(CC1CCCCC1O)S(=O)(=O)c1ncn(C)c1Cl. The van der Waals surface area contributed by atoms with E-state index in [4.69, 9.17) is 11.6 Å². The Balaban J connectivity index is 2.15. The minimum Gasteiger partial charge on any atom is -0.393 e. The summed E-state index contributed by atoms with van der Waals surface area (Å²) in [4.78, 5) is 3.86. The maximum atomic E-state index is 12.4. The summed E-state index contributed by atoms with van der Waals surface area (Å²) in [5.74, 6) is -0.0222. The van der Waals surface area contributed by atoms with Gasteiger partial charge < -0.3 is 9.67 Å². The van der Waals surface area contributed by atoms with Crippen molar-refractivity contribution in [3.8, 4) is 0 Å². The van der Waals surface area contributed by atoms with Gasteiger partial charge in [0.15, 0.2) is 0 Å². The smallest absolute Gasteiger partial charge is 0.263 e. The molecule has 2 unspecified atom stereocenters. The maximum Gasteiger partial charge on any atom is 0.263 e. The predicted molar refractivity (Wildman–Crippen MR) is 76.0 cm³/mol. The van der Waals surface area contributed by atoms with Crippen LogP contribution < -0.4 is 0 Å². The van der Waals surface area contributed by atoms with Gasteiger partial charge in [0.2, 0.25) is 5.03 Å². The summed E-state index contributed by atoms with van der Waals surface area (Å²) in [7, 11) is -0.574. The van der Waals surface area contributed by atoms with Crippen molar-refractivity contribution in [2.75, 3.05) is 13.6 Å². The molecule has 1 aliphatic rings. The molecule has 1 N–H and O–H groups in total. The van der Waals surface area contributed by atoms with Crippen LogP contribution >= 0.6 is 11.6 Å². The molecule has 20 heavy (non-hydrogen) atoms. The summed E-state index contributed by atoms with van der Waals surface area (Å²) >= 11 is 5.95. The monoisotopic (exact) mass is 321 g/mol. The predicted octanol–water partition coefficient (Wildman–Crippen LogP) is 1.25. The Hall–Kier alpha value is -0.630. The van der Waals surface area contributed by atoms with Crippen LogP contribution in [0.3, 0.4) is 0 Å². The first-order chi connectivity index (χ1) is 9.34. The molecule has 1 fully saturated rings. The van der Waals surface area contributed by atoms with Crippen LogP contribution in [0.25, 0.3) is 0 Å². The molecule has 0 saturated heterocycles. The molecule has 6 nitrogen and oxygen atoms in total. The molecule has 0 bridgehead atoms. The highest BCUT2D eigenvalue weighted by molar-refractivity contribution is 7.89. The molecule has 1 aliphatic carbocycles. The Morgan fingerprint density at radius 2 is 2.15 bits per heavy atom. The lowest BCUT2D eigenvalue weighted by Crippen LogP contribution is -2.38. The van der Waals surface area contributed by atoms with E-state index in [1.165, 1.54) is 22.2 Å². The Morgan fingerprint density at radius 3 is 2.70 bits per heavy atom. The zero-order chi connectivity index (χ0) is 14.9. The van der Waals surface area contributed by atoms with Gasteiger partial charge in [-0.2, -0.15) is 4.31 Å². The van der Waals surface area contributed by atoms with E-state index in [-0.39, 0.29) is 22.6 Å². The van der Waals surface area contributed by atoms with E-state index in [0.717, 1.165) is 25.7 Å². The fourth-order valence-corrected chi connectivity index (χ4v) is 4.15. The Bertz CT molecular complexity index is 573. The molecule has 0 aliphatic heterocycles. The van der Waals surface area contributed by atoms with Gasteiger partial charge in [-0.1, -0.05) is 24.4 Å². The zero-order valence-electron chi connectivity index (χ0n) is 11.7. The topological polar surface area (TPSA) is 75.4 Å². The van der Waals surface area contributed by atoms with Crippen LogP contribution in [0.1, 0.15) is 25.7 Å². The van der Waals surface area contributed by atoms with Crippen LogP contribution in [0, 0.1) is 5.92 Å². The minimum atomic E-state index is -3.71. The lowest BCUT2D eigenvalue weighted by atomic mass is 9.86. The van der Waals surface area contributed by atoms with Gasteiger partial charge in [0.1, 0.15) is 5.15 Å². The number of aliphatic hydroxyl groups excluding tert-OH is 1. The van der Waals surface area contributed by atoms with Gasteiger partial charge >= 0.3 is 0 Å². The molecule has 8 heteroatoms. The summed E-state index contributed by atoms with van der Waals surface area (Å²) in [6.45, 7) is 0.288. The van der Waals surface area contributed by atoms with E-state index in [1.54, 1.807) is 7.05 Å². The van der Waals surface area contributed by atoms with Gasteiger partial charge in [-0.3, -0.25) is 0 Å². The molecule has 114 valence electrons. The molecule has 1 aromatic heterocycles. The molecule has 2 rings (SSSR count). The van der Waals surface area contributed by atoms with E-state index >= 15 is 0 Å². The average Bonchev–Trinajstić information content (AvgIpc) is 2.73. The van der Waals surface area contributed by atoms with Crippen LogP contribution in [0.5, 0.6) is 0 Å². The second-order valence-corrected chi connectivity index (χ2v) is 7.67. The summed E-state index contributed by atoms with van der Waals surface area (Å²) in [5.41, 5.74) is 0. The molecule has 1 heterocycles. The number of aromatic nitrogens is 2. The first-order valence-electron chi connectivity index (χ1n) is 6.65. The minimum absolute atomic E-state index is 0.0222. The molecule has 2 atom stereocenters. The van der Waals surface area contributed by atoms with E-state index in [9.17, 15) is 13.5 Å². The second kappa shape index (κ2) is 6.01. The van der Waals surface area contributed by atoms with Gasteiger partial charge in [-0.15, -0.1) is 0 Å². The molecule has 0 aromatic carbocycles. The largest absolute Gasteiger partial charge is 0.393 e. The van der Waals surface area contributed by atoms with Gasteiger partial charge in [0, 0.05) is 20.6 Å². The normalized spacial score (nSPS) is 24.2. The second-order valence-electron chi connectivity index (χ2n) is 5.35. The lowest BCUT2D eigenvalue weighted by molar-refractivity contribution is 0.0620.